The van der Waals surface area contributed by atoms with E-state index in [1.165, 1.54) is 164 Å². The van der Waals surface area contributed by atoms with Gasteiger partial charge in [0.25, 0.3) is 0 Å². The van der Waals surface area contributed by atoms with E-state index in [9.17, 15) is 0 Å². The Labute approximate surface area is 232 Å². The van der Waals surface area contributed by atoms with Gasteiger partial charge in [0.1, 0.15) is 0 Å². The van der Waals surface area contributed by atoms with Crippen molar-refractivity contribution in [3.63, 3.8) is 0 Å². The fraction of sp³-hybridized carbons (Fsp3) is 0.649. The molecule has 0 aliphatic rings. The molecule has 0 heteroatoms. The van der Waals surface area contributed by atoms with Crippen LogP contribution in [0.25, 0.3) is 11.1 Å². The minimum atomic E-state index is 1.12. The lowest BCUT2D eigenvalue weighted by molar-refractivity contribution is 0.518. The predicted octanol–water partition coefficient (Wildman–Crippen LogP) is 12.5. The smallest absolute Gasteiger partial charge is 0.00991 e. The van der Waals surface area contributed by atoms with E-state index < -0.39 is 0 Å². The lowest BCUT2D eigenvalue weighted by Gasteiger charge is -2.09. The number of hydrogen-bond donors (Lipinski definition) is 0. The molecule has 0 amide bonds. The van der Waals surface area contributed by atoms with Gasteiger partial charge in [-0.2, -0.15) is 0 Å². The summed E-state index contributed by atoms with van der Waals surface area (Å²) < 4.78 is 0. The molecule has 0 aliphatic carbocycles. The minimum absolute atomic E-state index is 1.12. The number of hydrogen-bond acceptors (Lipinski definition) is 0. The fourth-order valence-corrected chi connectivity index (χ4v) is 5.59. The van der Waals surface area contributed by atoms with E-state index >= 15 is 0 Å². The van der Waals surface area contributed by atoms with Crippen LogP contribution in [0.4, 0.5) is 0 Å². The highest BCUT2D eigenvalue weighted by Crippen LogP contribution is 2.25. The van der Waals surface area contributed by atoms with E-state index in [4.69, 9.17) is 0 Å². The third kappa shape index (κ3) is 16.8. The van der Waals surface area contributed by atoms with Gasteiger partial charge in [0.2, 0.25) is 0 Å². The molecular formula is C37H58. The van der Waals surface area contributed by atoms with Crippen LogP contribution in [-0.4, -0.2) is 0 Å². The molecular weight excluding hydrogens is 444 g/mol. The van der Waals surface area contributed by atoms with Crippen LogP contribution >= 0.6 is 0 Å². The lowest BCUT2D eigenvalue weighted by atomic mass is 9.95. The van der Waals surface area contributed by atoms with Gasteiger partial charge in [0.05, 0.1) is 0 Å². The van der Waals surface area contributed by atoms with Gasteiger partial charge in [-0.05, 0) is 35.6 Å². The average Bonchev–Trinajstić information content (AvgIpc) is 2.94. The molecule has 0 nitrogen and oxygen atoms in total. The summed E-state index contributed by atoms with van der Waals surface area (Å²) >= 11 is 0. The summed E-state index contributed by atoms with van der Waals surface area (Å²) in [7, 11) is 0. The van der Waals surface area contributed by atoms with E-state index in [0.29, 0.717) is 0 Å². The van der Waals surface area contributed by atoms with E-state index in [2.05, 4.69) is 49.4 Å². The summed E-state index contributed by atoms with van der Waals surface area (Å²) in [5.41, 5.74) is 4.07. The second-order valence-electron chi connectivity index (χ2n) is 11.3. The van der Waals surface area contributed by atoms with Crippen molar-refractivity contribution in [2.75, 3.05) is 0 Å². The van der Waals surface area contributed by atoms with Crippen LogP contribution in [0.15, 0.2) is 48.5 Å². The Hall–Kier alpha value is -1.56. The second kappa shape index (κ2) is 23.5. The first kappa shape index (κ1) is 31.7. The van der Waals surface area contributed by atoms with Gasteiger partial charge in [-0.3, -0.25) is 0 Å². The third-order valence-corrected chi connectivity index (χ3v) is 7.96. The SMILES string of the molecule is [CH2]CCCCCCCCCCCCCCCCCCCCCCCCc1ccccc1-c1[c]cccc1. The molecule has 0 unspecified atom stereocenters. The summed E-state index contributed by atoms with van der Waals surface area (Å²) in [6, 6.07) is 20.6. The summed E-state index contributed by atoms with van der Waals surface area (Å²) in [6.45, 7) is 3.92. The van der Waals surface area contributed by atoms with Crippen molar-refractivity contribution in [3.05, 3.63) is 67.1 Å². The molecule has 2 rings (SSSR count). The maximum Gasteiger partial charge on any atom is -0.00991 e. The van der Waals surface area contributed by atoms with E-state index in [1.54, 1.807) is 0 Å². The Morgan fingerprint density at radius 3 is 1.27 bits per heavy atom. The normalized spacial score (nSPS) is 11.3. The van der Waals surface area contributed by atoms with Crippen molar-refractivity contribution in [2.24, 2.45) is 0 Å². The second-order valence-corrected chi connectivity index (χ2v) is 11.3. The van der Waals surface area contributed by atoms with E-state index in [0.717, 1.165) is 6.42 Å². The van der Waals surface area contributed by atoms with Gasteiger partial charge in [-0.25, -0.2) is 0 Å². The monoisotopic (exact) mass is 502 g/mol. The highest BCUT2D eigenvalue weighted by Gasteiger charge is 2.04. The predicted molar refractivity (Wildman–Crippen MR) is 166 cm³/mol. The zero-order valence-electron chi connectivity index (χ0n) is 24.3. The first-order valence-electron chi connectivity index (χ1n) is 16.3. The van der Waals surface area contributed by atoms with Crippen LogP contribution in [0.1, 0.15) is 153 Å². The molecule has 2 radical (unpaired) electrons. The molecule has 2 aromatic carbocycles. The van der Waals surface area contributed by atoms with Crippen LogP contribution in [0, 0.1) is 13.0 Å². The third-order valence-electron chi connectivity index (χ3n) is 7.96. The van der Waals surface area contributed by atoms with E-state index in [-0.39, 0.29) is 0 Å². The number of benzene rings is 2. The molecule has 0 heterocycles. The molecule has 0 bridgehead atoms. The van der Waals surface area contributed by atoms with Gasteiger partial charge >= 0.3 is 0 Å². The van der Waals surface area contributed by atoms with Crippen LogP contribution in [-0.2, 0) is 6.42 Å². The van der Waals surface area contributed by atoms with Crippen molar-refractivity contribution in [1.29, 1.82) is 0 Å². The van der Waals surface area contributed by atoms with Crippen molar-refractivity contribution >= 4 is 0 Å². The molecule has 206 valence electrons. The average molecular weight is 503 g/mol. The van der Waals surface area contributed by atoms with Crippen molar-refractivity contribution in [3.8, 4) is 11.1 Å². The maximum atomic E-state index is 3.92. The Morgan fingerprint density at radius 1 is 0.432 bits per heavy atom. The van der Waals surface area contributed by atoms with Gasteiger partial charge in [-0.15, -0.1) is 0 Å². The Kier molecular flexibility index (Phi) is 20.1. The molecule has 0 aliphatic heterocycles. The molecule has 0 aromatic heterocycles. The summed E-state index contributed by atoms with van der Waals surface area (Å²) in [6.07, 6.45) is 33.9. The van der Waals surface area contributed by atoms with Gasteiger partial charge in [0.15, 0.2) is 0 Å². The maximum absolute atomic E-state index is 3.92. The molecule has 0 spiro atoms. The van der Waals surface area contributed by atoms with Crippen LogP contribution < -0.4 is 0 Å². The summed E-state index contributed by atoms with van der Waals surface area (Å²) in [4.78, 5) is 0. The first-order valence-corrected chi connectivity index (χ1v) is 16.3. The Bertz CT molecular complexity index is 731. The van der Waals surface area contributed by atoms with Crippen LogP contribution in [0.5, 0.6) is 0 Å². The molecule has 0 fully saturated rings. The summed E-state index contributed by atoms with van der Waals surface area (Å²) in [5.74, 6) is 0. The number of unbranched alkanes of at least 4 members (excludes halogenated alkanes) is 22. The molecule has 0 saturated heterocycles. The topological polar surface area (TPSA) is 0 Å². The van der Waals surface area contributed by atoms with Crippen LogP contribution in [0.2, 0.25) is 0 Å². The first-order chi connectivity index (χ1) is 18.4. The van der Waals surface area contributed by atoms with Crippen molar-refractivity contribution in [2.45, 2.75) is 154 Å². The molecule has 0 N–H and O–H groups in total. The van der Waals surface area contributed by atoms with Gasteiger partial charge in [0, 0.05) is 0 Å². The highest BCUT2D eigenvalue weighted by molar-refractivity contribution is 5.66. The number of rotatable bonds is 25. The molecule has 0 saturated carbocycles. The number of aryl methyl sites for hydroxylation is 1. The highest BCUT2D eigenvalue weighted by atomic mass is 14.1. The van der Waals surface area contributed by atoms with Gasteiger partial charge < -0.3 is 0 Å². The van der Waals surface area contributed by atoms with Gasteiger partial charge in [-0.1, -0.05) is 197 Å². The standard InChI is InChI=1S/C37H58/c1-2-3-4-5-6-7-8-9-10-11-12-13-14-15-16-17-18-19-20-21-22-23-25-30-36-33-28-29-34-37(36)35-31-26-24-27-32-35/h24,26-29,31,33-34H,1-23,25,30H2. The fourth-order valence-electron chi connectivity index (χ4n) is 5.59. The Balaban J connectivity index is 1.29. The zero-order chi connectivity index (χ0) is 26.1. The lowest BCUT2D eigenvalue weighted by Crippen LogP contribution is -1.91. The zero-order valence-corrected chi connectivity index (χ0v) is 24.3. The molecule has 2 aromatic rings. The Morgan fingerprint density at radius 2 is 0.838 bits per heavy atom. The quantitative estimate of drug-likeness (QED) is 0.118. The van der Waals surface area contributed by atoms with Crippen LogP contribution in [0.3, 0.4) is 0 Å². The minimum Gasteiger partial charge on any atom is -0.0620 e. The molecule has 37 heavy (non-hydrogen) atoms. The largest absolute Gasteiger partial charge is 0.0620 e. The van der Waals surface area contributed by atoms with Crippen molar-refractivity contribution < 1.29 is 0 Å². The van der Waals surface area contributed by atoms with Crippen molar-refractivity contribution in [1.82, 2.24) is 0 Å². The molecule has 0 atom stereocenters. The van der Waals surface area contributed by atoms with E-state index in [1.807, 2.05) is 12.1 Å². The summed E-state index contributed by atoms with van der Waals surface area (Å²) in [5, 5.41) is 0.